The fourth-order valence-corrected chi connectivity index (χ4v) is 2.12. The van der Waals surface area contributed by atoms with E-state index in [0.29, 0.717) is 24.1 Å². The van der Waals surface area contributed by atoms with Gasteiger partial charge in [0.2, 0.25) is 5.91 Å². The lowest BCUT2D eigenvalue weighted by Gasteiger charge is -2.20. The largest absolute Gasteiger partial charge is 0.508 e. The van der Waals surface area contributed by atoms with E-state index >= 15 is 0 Å². The van der Waals surface area contributed by atoms with E-state index in [0.717, 1.165) is 0 Å². The molecule has 0 bridgehead atoms. The van der Waals surface area contributed by atoms with E-state index in [2.05, 4.69) is 10.5 Å². The van der Waals surface area contributed by atoms with Gasteiger partial charge in [-0.3, -0.25) is 4.79 Å². The van der Waals surface area contributed by atoms with Crippen molar-refractivity contribution < 1.29 is 14.3 Å². The van der Waals surface area contributed by atoms with Gasteiger partial charge in [0, 0.05) is 23.5 Å². The lowest BCUT2D eigenvalue weighted by Crippen LogP contribution is -2.32. The first kappa shape index (κ1) is 12.5. The molecule has 1 aliphatic heterocycles. The molecule has 1 aliphatic rings. The Balaban J connectivity index is 2.49. The zero-order valence-corrected chi connectivity index (χ0v) is 10.3. The van der Waals surface area contributed by atoms with Crippen molar-refractivity contribution >= 4 is 11.6 Å². The number of carbonyl (C=O) groups excluding carboxylic acids is 1. The molecular formula is C13H15FN2O2. The van der Waals surface area contributed by atoms with Gasteiger partial charge in [0.05, 0.1) is 5.71 Å². The number of nitrogens with zero attached hydrogens (tertiary/aromatic N) is 1. The van der Waals surface area contributed by atoms with Gasteiger partial charge in [0.1, 0.15) is 11.6 Å². The number of hydrazone groups is 1. The molecule has 1 aromatic rings. The first-order valence-corrected chi connectivity index (χ1v) is 5.91. The van der Waals surface area contributed by atoms with Gasteiger partial charge in [-0.15, -0.1) is 0 Å². The third-order valence-electron chi connectivity index (χ3n) is 3.11. The minimum Gasteiger partial charge on any atom is -0.508 e. The summed E-state index contributed by atoms with van der Waals surface area (Å²) < 4.78 is 14.2. The Hall–Kier alpha value is -1.91. The summed E-state index contributed by atoms with van der Waals surface area (Å²) in [5.41, 5.74) is 3.50. The summed E-state index contributed by atoms with van der Waals surface area (Å²) in [6.07, 6.45) is 0.695. The summed E-state index contributed by atoms with van der Waals surface area (Å²) in [5.74, 6) is -0.810. The second-order valence-electron chi connectivity index (χ2n) is 4.42. The number of benzene rings is 1. The molecule has 0 saturated heterocycles. The summed E-state index contributed by atoms with van der Waals surface area (Å²) in [4.78, 5) is 11.2. The molecule has 2 N–H and O–H groups in total. The van der Waals surface area contributed by atoms with Gasteiger partial charge in [-0.2, -0.15) is 5.10 Å². The van der Waals surface area contributed by atoms with Gasteiger partial charge >= 0.3 is 0 Å². The Morgan fingerprint density at radius 3 is 2.89 bits per heavy atom. The van der Waals surface area contributed by atoms with Crippen LogP contribution in [0.25, 0.3) is 0 Å². The summed E-state index contributed by atoms with van der Waals surface area (Å²) in [7, 11) is 0. The number of phenols is 1. The molecule has 1 aromatic carbocycles. The molecule has 0 fully saturated rings. The van der Waals surface area contributed by atoms with Crippen LogP contribution in [0, 0.1) is 11.7 Å². The van der Waals surface area contributed by atoms with Crippen molar-refractivity contribution in [2.75, 3.05) is 0 Å². The van der Waals surface area contributed by atoms with E-state index in [1.165, 1.54) is 12.1 Å². The zero-order chi connectivity index (χ0) is 13.3. The number of carbonyl (C=O) groups is 1. The average Bonchev–Trinajstić information content (AvgIpc) is 2.31. The molecule has 1 heterocycles. The van der Waals surface area contributed by atoms with E-state index in [1.807, 2.05) is 6.92 Å². The topological polar surface area (TPSA) is 61.7 Å². The monoisotopic (exact) mass is 250 g/mol. The third-order valence-corrected chi connectivity index (χ3v) is 3.11. The van der Waals surface area contributed by atoms with Crippen molar-refractivity contribution in [3.05, 3.63) is 29.1 Å². The summed E-state index contributed by atoms with van der Waals surface area (Å²) in [5, 5.41) is 13.5. The number of aromatic hydroxyl groups is 1. The highest BCUT2D eigenvalue weighted by atomic mass is 19.1. The van der Waals surface area contributed by atoms with Crippen LogP contribution in [-0.2, 0) is 11.2 Å². The highest BCUT2D eigenvalue weighted by Crippen LogP contribution is 2.27. The van der Waals surface area contributed by atoms with Crippen molar-refractivity contribution in [3.8, 4) is 5.75 Å². The van der Waals surface area contributed by atoms with E-state index in [4.69, 9.17) is 0 Å². The average molecular weight is 250 g/mol. The summed E-state index contributed by atoms with van der Waals surface area (Å²) >= 11 is 0. The molecule has 1 amide bonds. The fourth-order valence-electron chi connectivity index (χ4n) is 2.12. The minimum absolute atomic E-state index is 0.0492. The second kappa shape index (κ2) is 4.76. The third kappa shape index (κ3) is 2.08. The van der Waals surface area contributed by atoms with Crippen LogP contribution >= 0.6 is 0 Å². The smallest absolute Gasteiger partial charge is 0.240 e. The van der Waals surface area contributed by atoms with Crippen molar-refractivity contribution in [2.45, 2.75) is 26.7 Å². The van der Waals surface area contributed by atoms with Crippen LogP contribution in [0.4, 0.5) is 4.39 Å². The van der Waals surface area contributed by atoms with Gasteiger partial charge in [0.25, 0.3) is 0 Å². The van der Waals surface area contributed by atoms with E-state index in [1.54, 1.807) is 6.92 Å². The molecule has 0 aliphatic carbocycles. The quantitative estimate of drug-likeness (QED) is 0.842. The molecule has 2 rings (SSSR count). The molecule has 0 aromatic heterocycles. The van der Waals surface area contributed by atoms with E-state index in [9.17, 15) is 14.3 Å². The zero-order valence-electron chi connectivity index (χ0n) is 10.3. The summed E-state index contributed by atoms with van der Waals surface area (Å²) in [6, 6.07) is 2.96. The standard InChI is InChI=1S/C13H15FN2O2/c1-3-8-10(17)5-4-9(12(8)14)13-7(2)6-11(18)15-16-13/h4-5,7,17H,3,6H2,1-2H3,(H,15,18). The Morgan fingerprint density at radius 2 is 2.28 bits per heavy atom. The van der Waals surface area contributed by atoms with Gasteiger partial charge in [-0.1, -0.05) is 13.8 Å². The van der Waals surface area contributed by atoms with E-state index < -0.39 is 5.82 Å². The predicted octanol–water partition coefficient (Wildman–Crippen LogP) is 1.95. The van der Waals surface area contributed by atoms with Crippen LogP contribution in [0.15, 0.2) is 17.2 Å². The molecular weight excluding hydrogens is 235 g/mol. The number of nitrogens with one attached hydrogen (secondary N) is 1. The van der Waals surface area contributed by atoms with Gasteiger partial charge in [-0.05, 0) is 18.6 Å². The van der Waals surface area contributed by atoms with Crippen LogP contribution in [-0.4, -0.2) is 16.7 Å². The maximum Gasteiger partial charge on any atom is 0.240 e. The Morgan fingerprint density at radius 1 is 1.56 bits per heavy atom. The van der Waals surface area contributed by atoms with Gasteiger partial charge in [0.15, 0.2) is 0 Å². The highest BCUT2D eigenvalue weighted by molar-refractivity contribution is 6.06. The van der Waals surface area contributed by atoms with Crippen molar-refractivity contribution in [2.24, 2.45) is 11.0 Å². The molecule has 0 saturated carbocycles. The Bertz CT molecular complexity index is 526. The number of halogens is 1. The molecule has 1 unspecified atom stereocenters. The number of rotatable bonds is 2. The minimum atomic E-state index is -0.459. The van der Waals surface area contributed by atoms with Crippen molar-refractivity contribution in [3.63, 3.8) is 0 Å². The fraction of sp³-hybridized carbons (Fsp3) is 0.385. The van der Waals surface area contributed by atoms with Crippen LogP contribution < -0.4 is 5.43 Å². The Kier molecular flexibility index (Phi) is 3.32. The predicted molar refractivity (Wildman–Crippen MR) is 65.9 cm³/mol. The second-order valence-corrected chi connectivity index (χ2v) is 4.42. The molecule has 96 valence electrons. The van der Waals surface area contributed by atoms with Crippen molar-refractivity contribution in [1.82, 2.24) is 5.43 Å². The number of hydrogen-bond acceptors (Lipinski definition) is 3. The first-order valence-electron chi connectivity index (χ1n) is 5.91. The summed E-state index contributed by atoms with van der Waals surface area (Å²) in [6.45, 7) is 3.60. The van der Waals surface area contributed by atoms with Crippen LogP contribution in [0.3, 0.4) is 0 Å². The van der Waals surface area contributed by atoms with E-state index in [-0.39, 0.29) is 23.1 Å². The molecule has 5 heteroatoms. The van der Waals surface area contributed by atoms with Gasteiger partial charge < -0.3 is 5.11 Å². The molecule has 1 atom stereocenters. The first-order chi connectivity index (χ1) is 8.54. The van der Waals surface area contributed by atoms with Crippen LogP contribution in [0.2, 0.25) is 0 Å². The van der Waals surface area contributed by atoms with Crippen LogP contribution in [0.1, 0.15) is 31.4 Å². The number of phenolic OH excluding ortho intramolecular Hbond substituents is 1. The normalized spacial score (nSPS) is 19.4. The highest BCUT2D eigenvalue weighted by Gasteiger charge is 2.25. The number of hydrogen-bond donors (Lipinski definition) is 2. The molecule has 18 heavy (non-hydrogen) atoms. The SMILES string of the molecule is CCc1c(O)ccc(C2=NNC(=O)CC2C)c1F. The lowest BCUT2D eigenvalue weighted by molar-refractivity contribution is -0.121. The maximum absolute atomic E-state index is 14.2. The van der Waals surface area contributed by atoms with Crippen LogP contribution in [0.5, 0.6) is 5.75 Å². The molecule has 0 radical (unpaired) electrons. The van der Waals surface area contributed by atoms with Crippen molar-refractivity contribution in [1.29, 1.82) is 0 Å². The molecule has 4 nitrogen and oxygen atoms in total. The number of amides is 1. The lowest BCUT2D eigenvalue weighted by atomic mass is 9.92. The maximum atomic E-state index is 14.2. The van der Waals surface area contributed by atoms with Gasteiger partial charge in [-0.25, -0.2) is 9.82 Å². The molecule has 0 spiro atoms. The Labute approximate surface area is 105 Å².